The van der Waals surface area contributed by atoms with Crippen LogP contribution in [-0.2, 0) is 40.1 Å². The van der Waals surface area contributed by atoms with Gasteiger partial charge in [0.1, 0.15) is 5.75 Å². The Kier molecular flexibility index (Phi) is 19.3. The van der Waals surface area contributed by atoms with E-state index in [0.29, 0.717) is 5.56 Å². The largest absolute Gasteiger partial charge is 0.497 e. The van der Waals surface area contributed by atoms with Crippen molar-refractivity contribution in [1.82, 2.24) is 40.0 Å². The first-order valence-electron chi connectivity index (χ1n) is 31.5. The van der Waals surface area contributed by atoms with E-state index in [1.165, 1.54) is 44.0 Å². The highest BCUT2D eigenvalue weighted by Crippen LogP contribution is 2.44. The van der Waals surface area contributed by atoms with Gasteiger partial charge < -0.3 is 44.7 Å². The number of hydrogen-bond acceptors (Lipinski definition) is 5. The van der Waals surface area contributed by atoms with Crippen molar-refractivity contribution in [2.24, 2.45) is 0 Å². The molecule has 0 bridgehead atoms. The van der Waals surface area contributed by atoms with Gasteiger partial charge in [0.05, 0.1) is 31.3 Å². The first kappa shape index (κ1) is 66.0. The third-order valence-electron chi connectivity index (χ3n) is 18.7. The van der Waals surface area contributed by atoms with Crippen molar-refractivity contribution in [3.8, 4) is 5.75 Å². The number of hydrogen-bond donors (Lipinski definition) is 5. The summed E-state index contributed by atoms with van der Waals surface area (Å²) < 4.78 is 38.2. The average molecular weight is 1590 g/mol. The van der Waals surface area contributed by atoms with Crippen molar-refractivity contribution >= 4 is 141 Å². The Bertz CT molecular complexity index is 4750. The summed E-state index contributed by atoms with van der Waals surface area (Å²) in [6.45, 7) is 9.97. The maximum Gasteiger partial charge on any atom is 0.220 e. The minimum absolute atomic E-state index is 0.0435. The van der Waals surface area contributed by atoms with Gasteiger partial charge in [-0.15, -0.1) is 0 Å². The molecule has 0 saturated carbocycles. The van der Waals surface area contributed by atoms with Crippen LogP contribution in [0.5, 0.6) is 5.75 Å². The number of nitrogens with one attached hydrogen (secondary N) is 5. The molecule has 12 aromatic rings. The van der Waals surface area contributed by atoms with Gasteiger partial charge in [0.15, 0.2) is 11.6 Å². The number of amides is 3. The summed E-state index contributed by atoms with van der Waals surface area (Å²) in [5.74, 6) is -0.474. The second-order valence-corrected chi connectivity index (χ2v) is 29.0. The minimum Gasteiger partial charge on any atom is -0.497 e. The van der Waals surface area contributed by atoms with Crippen LogP contribution in [0.25, 0.3) is 43.6 Å². The number of halogens is 7. The Morgan fingerprint density at radius 2 is 0.789 bits per heavy atom. The van der Waals surface area contributed by atoms with Crippen molar-refractivity contribution in [3.63, 3.8) is 0 Å². The Morgan fingerprint density at radius 3 is 1.17 bits per heavy atom. The molecule has 484 valence electrons. The van der Waals surface area contributed by atoms with E-state index in [2.05, 4.69) is 191 Å². The monoisotopic (exact) mass is 1590 g/mol. The molecule has 4 aromatic heterocycles. The van der Waals surface area contributed by atoms with Crippen molar-refractivity contribution < 1.29 is 27.9 Å². The number of rotatable bonds is 5. The summed E-state index contributed by atoms with van der Waals surface area (Å²) in [5.41, 5.74) is 18.7. The number of nitrogens with zero attached hydrogens (tertiary/aromatic N) is 3. The lowest BCUT2D eigenvalue weighted by Crippen LogP contribution is -2.39. The molecule has 5 N–H and O–H groups in total. The van der Waals surface area contributed by atoms with Gasteiger partial charge in [0.25, 0.3) is 0 Å². The van der Waals surface area contributed by atoms with Gasteiger partial charge in [-0.2, -0.15) is 0 Å². The first-order chi connectivity index (χ1) is 45.8. The lowest BCUT2D eigenvalue weighted by Gasteiger charge is -2.35. The second kappa shape index (κ2) is 27.8. The number of aromatic amines is 4. The van der Waals surface area contributed by atoms with Gasteiger partial charge in [-0.25, -0.2) is 8.78 Å². The van der Waals surface area contributed by atoms with Crippen LogP contribution in [0.4, 0.5) is 8.78 Å². The molecule has 3 amide bonds. The highest BCUT2D eigenvalue weighted by molar-refractivity contribution is 9.11. The molecule has 0 saturated heterocycles. The molecule has 0 spiro atoms. The third kappa shape index (κ3) is 13.2. The van der Waals surface area contributed by atoms with Gasteiger partial charge >= 0.3 is 0 Å². The van der Waals surface area contributed by atoms with Gasteiger partial charge in [-0.1, -0.05) is 146 Å². The van der Waals surface area contributed by atoms with Crippen LogP contribution in [0.15, 0.2) is 186 Å². The Morgan fingerprint density at radius 1 is 0.442 bits per heavy atom. The number of aromatic nitrogens is 4. The van der Waals surface area contributed by atoms with Crippen LogP contribution in [0.3, 0.4) is 0 Å². The van der Waals surface area contributed by atoms with Gasteiger partial charge in [-0.05, 0) is 175 Å². The zero-order chi connectivity index (χ0) is 66.5. The van der Waals surface area contributed by atoms with E-state index in [0.717, 1.165) is 153 Å². The molecule has 4 atom stereocenters. The number of ether oxygens (including phenoxy) is 1. The third-order valence-corrected chi connectivity index (χ3v) is 21.2. The van der Waals surface area contributed by atoms with Crippen molar-refractivity contribution in [2.45, 2.75) is 77.5 Å². The Labute approximate surface area is 591 Å². The number of methoxy groups -OCH3 is 1. The summed E-state index contributed by atoms with van der Waals surface area (Å²) in [7, 11) is 1.66. The number of carbonyl (C=O) groups is 3. The molecule has 0 aliphatic carbocycles. The molecule has 4 aliphatic rings. The van der Waals surface area contributed by atoms with E-state index >= 15 is 0 Å². The van der Waals surface area contributed by atoms with E-state index in [4.69, 9.17) is 4.74 Å². The molecule has 12 nitrogen and oxygen atoms in total. The maximum atomic E-state index is 14.2. The summed E-state index contributed by atoms with van der Waals surface area (Å²) in [4.78, 5) is 56.7. The number of fused-ring (bicyclic) bond motifs is 12. The lowest BCUT2D eigenvalue weighted by molar-refractivity contribution is -0.131. The highest BCUT2D eigenvalue weighted by atomic mass is 79.9. The molecule has 4 aliphatic heterocycles. The highest BCUT2D eigenvalue weighted by Gasteiger charge is 2.37. The summed E-state index contributed by atoms with van der Waals surface area (Å²) >= 11 is 17.7. The van der Waals surface area contributed by atoms with Gasteiger partial charge in [-0.3, -0.25) is 14.4 Å². The second-order valence-electron chi connectivity index (χ2n) is 24.4. The van der Waals surface area contributed by atoms with Gasteiger partial charge in [0, 0.05) is 141 Å². The predicted octanol–water partition coefficient (Wildman–Crippen LogP) is 18.8. The number of H-pyrrole nitrogens is 4. The van der Waals surface area contributed by atoms with E-state index in [9.17, 15) is 23.2 Å². The lowest BCUT2D eigenvalue weighted by atomic mass is 9.92. The van der Waals surface area contributed by atoms with Crippen molar-refractivity contribution in [1.29, 1.82) is 0 Å². The number of aryl methyl sites for hydroxylation is 1. The summed E-state index contributed by atoms with van der Waals surface area (Å²) in [6, 6.07) is 53.4. The van der Waals surface area contributed by atoms with Crippen LogP contribution >= 0.6 is 79.6 Å². The number of carbonyl (C=O) groups excluding carboxylic acids is 3. The Balaban J connectivity index is 0.000000115. The standard InChI is InChI=1S/C20H19BrN2O2.C20H19BrN2O.C19H16Br2N2O.C17H13BrF2N2/c1-12(24)23-10-9-16-17-11-14(21)5-8-18(17)22-19(16)20(23)13-3-6-15(25-2)7-4-13;1-12-3-5-14(6-4-12)20-19-16(9-10-23(20)13(2)24)17-11-15(21)7-8-18(17)22-19;1-11(24)23-9-8-15-16-10-14(21)6-7-17(16)22-18(15)19(23)12-2-4-13(20)5-3-12;18-9-4-5-14-12(8-9)10-6-7-21-16(17(10)22-14)11-2-1-3-13(19)15(11)20/h3-8,11,20,22H,9-10H2,1-2H3;3-8,11,20,22H,9-10H2,1-2H3;2-7,10,19,22H,8-9H2,1H3;1-5,8,16,21-22H,6-7H2. The zero-order valence-electron chi connectivity index (χ0n) is 52.7. The number of benzene rings is 8. The molecule has 4 unspecified atom stereocenters. The maximum absolute atomic E-state index is 14.2. The molecule has 19 heteroatoms. The van der Waals surface area contributed by atoms with Crippen LogP contribution in [-0.4, -0.2) is 85.6 Å². The normalized spacial score (nSPS) is 17.2. The van der Waals surface area contributed by atoms with Crippen LogP contribution < -0.4 is 10.1 Å². The van der Waals surface area contributed by atoms with Gasteiger partial charge in [0.2, 0.25) is 17.7 Å². The SMILES string of the molecule is CC(=O)N1CCc2c([nH]c3ccc(Br)cc23)C1c1ccc(Br)cc1.CC(=O)N1CCc2c([nH]c3ccc(Br)cc23)C1c1ccc(C)cc1.COc1ccc(C2c3[nH]c4ccc(Br)cc4c3CCN2C(C)=O)cc1.Fc1cccc(C2NCCc3c2[nH]c2ccc(Br)cc32)c1F. The molecular weight excluding hydrogens is 1530 g/mol. The average Bonchev–Trinajstić information content (AvgIpc) is 1.65. The fourth-order valence-corrected chi connectivity index (χ4v) is 15.9. The fraction of sp³-hybridized carbons (Fsp3) is 0.224. The summed E-state index contributed by atoms with van der Waals surface area (Å²) in [5, 5.41) is 8.14. The quantitative estimate of drug-likeness (QED) is 0.117. The van der Waals surface area contributed by atoms with E-state index in [1.54, 1.807) is 40.0 Å². The fourth-order valence-electron chi connectivity index (χ4n) is 14.2. The molecule has 16 rings (SSSR count). The smallest absolute Gasteiger partial charge is 0.220 e. The molecule has 8 aromatic carbocycles. The predicted molar refractivity (Wildman–Crippen MR) is 391 cm³/mol. The molecule has 0 fully saturated rings. The summed E-state index contributed by atoms with van der Waals surface area (Å²) in [6.07, 6.45) is 3.48. The van der Waals surface area contributed by atoms with E-state index < -0.39 is 11.6 Å². The Hall–Kier alpha value is -7.65. The molecular formula is C76H67Br5F2N8O4. The molecule has 0 radical (unpaired) electrons. The zero-order valence-corrected chi connectivity index (χ0v) is 60.6. The topological polar surface area (TPSA) is 145 Å². The van der Waals surface area contributed by atoms with Crippen molar-refractivity contribution in [3.05, 3.63) is 271 Å². The van der Waals surface area contributed by atoms with Crippen molar-refractivity contribution in [2.75, 3.05) is 33.3 Å². The van der Waals surface area contributed by atoms with Crippen LogP contribution in [0, 0.1) is 18.6 Å². The molecule has 8 heterocycles. The van der Waals surface area contributed by atoms with E-state index in [1.807, 2.05) is 81.4 Å². The first-order valence-corrected chi connectivity index (χ1v) is 35.4. The van der Waals surface area contributed by atoms with Crippen LogP contribution in [0.2, 0.25) is 0 Å². The van der Waals surface area contributed by atoms with E-state index in [-0.39, 0.29) is 41.9 Å². The van der Waals surface area contributed by atoms with Crippen LogP contribution in [0.1, 0.15) is 118 Å². The molecule has 95 heavy (non-hydrogen) atoms. The minimum atomic E-state index is -0.815.